The monoisotopic (exact) mass is 375 g/mol. The molecule has 2 heterocycles. The molecular weight excluding hydrogens is 362 g/mol. The van der Waals surface area contributed by atoms with Crippen LogP contribution in [0.5, 0.6) is 0 Å². The SMILES string of the molecule is CCNc1cccnc1S(=O)(=O)NCc1sccc1Br. The molecule has 2 aromatic rings. The zero-order valence-electron chi connectivity index (χ0n) is 10.8. The summed E-state index contributed by atoms with van der Waals surface area (Å²) >= 11 is 4.87. The van der Waals surface area contributed by atoms with Gasteiger partial charge in [0.1, 0.15) is 0 Å². The molecule has 0 aliphatic rings. The van der Waals surface area contributed by atoms with Crippen LogP contribution >= 0.6 is 27.3 Å². The molecule has 0 radical (unpaired) electrons. The maximum Gasteiger partial charge on any atom is 0.260 e. The van der Waals surface area contributed by atoms with Crippen molar-refractivity contribution >= 4 is 43.0 Å². The number of hydrogen-bond donors (Lipinski definition) is 2. The van der Waals surface area contributed by atoms with Crippen molar-refractivity contribution in [2.24, 2.45) is 0 Å². The van der Waals surface area contributed by atoms with E-state index in [-0.39, 0.29) is 11.6 Å². The fourth-order valence-corrected chi connectivity index (χ4v) is 4.23. The molecule has 0 aliphatic carbocycles. The molecule has 0 saturated heterocycles. The molecule has 0 aliphatic heterocycles. The Morgan fingerprint density at radius 1 is 1.40 bits per heavy atom. The molecule has 0 atom stereocenters. The third-order valence-electron chi connectivity index (χ3n) is 2.51. The molecule has 108 valence electrons. The molecule has 2 N–H and O–H groups in total. The van der Waals surface area contributed by atoms with Gasteiger partial charge in [-0.2, -0.15) is 0 Å². The van der Waals surface area contributed by atoms with Crippen molar-refractivity contribution in [2.75, 3.05) is 11.9 Å². The highest BCUT2D eigenvalue weighted by atomic mass is 79.9. The molecule has 8 heteroatoms. The topological polar surface area (TPSA) is 71.1 Å². The van der Waals surface area contributed by atoms with Crippen molar-refractivity contribution in [2.45, 2.75) is 18.5 Å². The van der Waals surface area contributed by atoms with Crippen LogP contribution in [0.15, 0.2) is 39.3 Å². The van der Waals surface area contributed by atoms with Crippen LogP contribution in [-0.2, 0) is 16.6 Å². The minimum atomic E-state index is -3.64. The molecule has 5 nitrogen and oxygen atoms in total. The van der Waals surface area contributed by atoms with Gasteiger partial charge in [-0.15, -0.1) is 11.3 Å². The summed E-state index contributed by atoms with van der Waals surface area (Å²) in [5.74, 6) is 0. The van der Waals surface area contributed by atoms with Gasteiger partial charge in [0.25, 0.3) is 10.0 Å². The fraction of sp³-hybridized carbons (Fsp3) is 0.250. The molecule has 2 aromatic heterocycles. The van der Waals surface area contributed by atoms with E-state index in [1.807, 2.05) is 18.4 Å². The lowest BCUT2D eigenvalue weighted by atomic mass is 10.4. The molecule has 0 bridgehead atoms. The number of nitrogens with zero attached hydrogens (tertiary/aromatic N) is 1. The number of rotatable bonds is 6. The zero-order chi connectivity index (χ0) is 14.6. The summed E-state index contributed by atoms with van der Waals surface area (Å²) < 4.78 is 28.1. The standard InChI is InChI=1S/C12H14BrN3O2S2/c1-2-14-10-4-3-6-15-12(10)20(17,18)16-8-11-9(13)5-7-19-11/h3-7,14,16H,2,8H2,1H3. The van der Waals surface area contributed by atoms with Crippen molar-refractivity contribution in [1.29, 1.82) is 0 Å². The van der Waals surface area contributed by atoms with Crippen molar-refractivity contribution < 1.29 is 8.42 Å². The highest BCUT2D eigenvalue weighted by Crippen LogP contribution is 2.23. The van der Waals surface area contributed by atoms with Gasteiger partial charge in [-0.1, -0.05) is 0 Å². The number of nitrogens with one attached hydrogen (secondary N) is 2. The average molecular weight is 376 g/mol. The largest absolute Gasteiger partial charge is 0.383 e. The second kappa shape index (κ2) is 6.66. The van der Waals surface area contributed by atoms with E-state index in [1.165, 1.54) is 17.5 Å². The first kappa shape index (κ1) is 15.4. The first-order valence-electron chi connectivity index (χ1n) is 5.95. The molecule has 0 aromatic carbocycles. The summed E-state index contributed by atoms with van der Waals surface area (Å²) in [5.41, 5.74) is 0.507. The van der Waals surface area contributed by atoms with Crippen LogP contribution in [0.3, 0.4) is 0 Å². The van der Waals surface area contributed by atoms with Crippen molar-refractivity contribution in [1.82, 2.24) is 9.71 Å². The van der Waals surface area contributed by atoms with Crippen molar-refractivity contribution in [3.05, 3.63) is 39.1 Å². The Morgan fingerprint density at radius 3 is 2.85 bits per heavy atom. The van der Waals surface area contributed by atoms with E-state index >= 15 is 0 Å². The minimum absolute atomic E-state index is 0.0227. The van der Waals surface area contributed by atoms with E-state index < -0.39 is 10.0 Å². The Balaban J connectivity index is 2.20. The number of thiophene rings is 1. The molecular formula is C12H14BrN3O2S2. The van der Waals surface area contributed by atoms with Crippen LogP contribution < -0.4 is 10.0 Å². The summed E-state index contributed by atoms with van der Waals surface area (Å²) in [7, 11) is -3.64. The quantitative estimate of drug-likeness (QED) is 0.814. The average Bonchev–Trinajstić information content (AvgIpc) is 2.83. The van der Waals surface area contributed by atoms with Crippen LogP contribution in [-0.4, -0.2) is 19.9 Å². The third-order valence-corrected chi connectivity index (χ3v) is 5.79. The lowest BCUT2D eigenvalue weighted by Crippen LogP contribution is -2.25. The molecule has 0 unspecified atom stereocenters. The first-order chi connectivity index (χ1) is 9.54. The second-order valence-corrected chi connectivity index (χ2v) is 7.44. The van der Waals surface area contributed by atoms with E-state index in [0.717, 1.165) is 9.35 Å². The van der Waals surface area contributed by atoms with Crippen LogP contribution in [0.1, 0.15) is 11.8 Å². The van der Waals surface area contributed by atoms with Gasteiger partial charge in [0.05, 0.1) is 5.69 Å². The van der Waals surface area contributed by atoms with E-state index in [9.17, 15) is 8.42 Å². The van der Waals surface area contributed by atoms with E-state index in [2.05, 4.69) is 31.0 Å². The van der Waals surface area contributed by atoms with Gasteiger partial charge in [0, 0.05) is 28.6 Å². The summed E-state index contributed by atoms with van der Waals surface area (Å²) in [6.45, 7) is 2.77. The number of hydrogen-bond acceptors (Lipinski definition) is 5. The van der Waals surface area contributed by atoms with Gasteiger partial charge < -0.3 is 5.32 Å². The predicted molar refractivity (Wildman–Crippen MR) is 84.4 cm³/mol. The number of anilines is 1. The fourth-order valence-electron chi connectivity index (χ4n) is 1.61. The van der Waals surface area contributed by atoms with Crippen LogP contribution in [0, 0.1) is 0 Å². The molecule has 0 spiro atoms. The van der Waals surface area contributed by atoms with Gasteiger partial charge in [0.15, 0.2) is 5.03 Å². The predicted octanol–water partition coefficient (Wildman–Crippen LogP) is 2.82. The van der Waals surface area contributed by atoms with Gasteiger partial charge in [-0.25, -0.2) is 18.1 Å². The maximum absolute atomic E-state index is 12.3. The molecule has 2 rings (SSSR count). The van der Waals surface area contributed by atoms with Gasteiger partial charge in [-0.05, 0) is 46.4 Å². The highest BCUT2D eigenvalue weighted by Gasteiger charge is 2.20. The summed E-state index contributed by atoms with van der Waals surface area (Å²) in [6, 6.07) is 5.29. The molecule has 20 heavy (non-hydrogen) atoms. The Bertz CT molecular complexity index is 686. The van der Waals surface area contributed by atoms with Gasteiger partial charge in [0.2, 0.25) is 0 Å². The first-order valence-corrected chi connectivity index (χ1v) is 9.10. The smallest absolute Gasteiger partial charge is 0.260 e. The minimum Gasteiger partial charge on any atom is -0.383 e. The number of aromatic nitrogens is 1. The third kappa shape index (κ3) is 3.57. The second-order valence-electron chi connectivity index (χ2n) is 3.90. The Hall–Kier alpha value is -0.960. The summed E-state index contributed by atoms with van der Waals surface area (Å²) in [6.07, 6.45) is 1.47. The van der Waals surface area contributed by atoms with Crippen molar-refractivity contribution in [3.63, 3.8) is 0 Å². The molecule has 0 amide bonds. The number of pyridine rings is 1. The van der Waals surface area contributed by atoms with Gasteiger partial charge in [-0.3, -0.25) is 0 Å². The zero-order valence-corrected chi connectivity index (χ0v) is 14.0. The summed E-state index contributed by atoms with van der Waals surface area (Å²) in [5, 5.41) is 4.92. The van der Waals surface area contributed by atoms with E-state index in [4.69, 9.17) is 0 Å². The van der Waals surface area contributed by atoms with E-state index in [1.54, 1.807) is 12.1 Å². The van der Waals surface area contributed by atoms with Crippen molar-refractivity contribution in [3.8, 4) is 0 Å². The van der Waals surface area contributed by atoms with Crippen LogP contribution in [0.4, 0.5) is 5.69 Å². The highest BCUT2D eigenvalue weighted by molar-refractivity contribution is 9.10. The van der Waals surface area contributed by atoms with Crippen LogP contribution in [0.25, 0.3) is 0 Å². The lowest BCUT2D eigenvalue weighted by molar-refractivity contribution is 0.578. The lowest BCUT2D eigenvalue weighted by Gasteiger charge is -2.10. The Kier molecular flexibility index (Phi) is 5.14. The Labute approximate surface area is 130 Å². The normalized spacial score (nSPS) is 11.5. The van der Waals surface area contributed by atoms with E-state index in [0.29, 0.717) is 12.2 Å². The number of halogens is 1. The Morgan fingerprint density at radius 2 is 2.20 bits per heavy atom. The summed E-state index contributed by atoms with van der Waals surface area (Å²) in [4.78, 5) is 4.90. The number of sulfonamides is 1. The molecule has 0 fully saturated rings. The van der Waals surface area contributed by atoms with Crippen LogP contribution in [0.2, 0.25) is 0 Å². The maximum atomic E-state index is 12.3. The van der Waals surface area contributed by atoms with Gasteiger partial charge >= 0.3 is 0 Å². The molecule has 0 saturated carbocycles.